The molecular formula is C20H39BrO2. The van der Waals surface area contributed by atoms with Crippen LogP contribution in [0.5, 0.6) is 0 Å². The summed E-state index contributed by atoms with van der Waals surface area (Å²) in [5.41, 5.74) is 0.0631. The van der Waals surface area contributed by atoms with Crippen LogP contribution in [-0.4, -0.2) is 30.8 Å². The molecule has 1 aliphatic heterocycles. The molecule has 1 atom stereocenters. The molecule has 0 spiro atoms. The summed E-state index contributed by atoms with van der Waals surface area (Å²) in [6, 6.07) is 0. The lowest BCUT2D eigenvalue weighted by molar-refractivity contribution is 0.0825. The highest BCUT2D eigenvalue weighted by molar-refractivity contribution is 9.09. The third-order valence-electron chi connectivity index (χ3n) is 4.72. The van der Waals surface area contributed by atoms with Gasteiger partial charge in [-0.05, 0) is 19.8 Å². The van der Waals surface area contributed by atoms with Crippen molar-refractivity contribution in [3.05, 3.63) is 0 Å². The van der Waals surface area contributed by atoms with Crippen molar-refractivity contribution >= 4 is 15.9 Å². The average molecular weight is 391 g/mol. The third-order valence-corrected chi connectivity index (χ3v) is 5.28. The van der Waals surface area contributed by atoms with E-state index in [1.165, 1.54) is 95.2 Å². The first-order chi connectivity index (χ1) is 11.3. The summed E-state index contributed by atoms with van der Waals surface area (Å²) >= 11 is 3.49. The summed E-state index contributed by atoms with van der Waals surface area (Å²) in [5.74, 6) is 0. The molecule has 0 aromatic rings. The van der Waals surface area contributed by atoms with Crippen LogP contribution in [0.25, 0.3) is 0 Å². The lowest BCUT2D eigenvalue weighted by Crippen LogP contribution is -2.14. The fourth-order valence-electron chi connectivity index (χ4n) is 2.91. The van der Waals surface area contributed by atoms with Gasteiger partial charge in [0.2, 0.25) is 0 Å². The summed E-state index contributed by atoms with van der Waals surface area (Å²) in [5, 5.41) is 1.18. The largest absolute Gasteiger partial charge is 0.378 e. The molecule has 0 amide bonds. The Kier molecular flexibility index (Phi) is 13.7. The average Bonchev–Trinajstić information content (AvgIpc) is 3.28. The highest BCUT2D eigenvalue weighted by Gasteiger charge is 2.39. The number of hydrogen-bond acceptors (Lipinski definition) is 2. The fourth-order valence-corrected chi connectivity index (χ4v) is 3.31. The molecule has 1 aliphatic rings. The molecule has 3 heteroatoms. The van der Waals surface area contributed by atoms with Crippen LogP contribution in [-0.2, 0) is 9.47 Å². The Morgan fingerprint density at radius 3 is 1.52 bits per heavy atom. The second-order valence-corrected chi connectivity index (χ2v) is 8.22. The van der Waals surface area contributed by atoms with E-state index >= 15 is 0 Å². The maximum Gasteiger partial charge on any atom is 0.112 e. The van der Waals surface area contributed by atoms with E-state index in [1.807, 2.05) is 0 Å². The van der Waals surface area contributed by atoms with Crippen molar-refractivity contribution in [1.82, 2.24) is 0 Å². The molecule has 0 aliphatic carbocycles. The number of halogens is 1. The normalized spacial score (nSPS) is 20.1. The molecule has 0 aromatic carbocycles. The SMILES string of the molecule is CC1(COCCCCCCCCCCCCCCCCBr)CO1. The number of hydrogen-bond donors (Lipinski definition) is 0. The monoisotopic (exact) mass is 390 g/mol. The molecule has 0 saturated carbocycles. The van der Waals surface area contributed by atoms with Gasteiger partial charge < -0.3 is 9.47 Å². The van der Waals surface area contributed by atoms with Crippen molar-refractivity contribution in [2.45, 2.75) is 102 Å². The Hall–Kier alpha value is 0.400. The fraction of sp³-hybridized carbons (Fsp3) is 1.00. The van der Waals surface area contributed by atoms with E-state index in [9.17, 15) is 0 Å². The van der Waals surface area contributed by atoms with E-state index < -0.39 is 0 Å². The predicted molar refractivity (Wildman–Crippen MR) is 104 cm³/mol. The molecule has 0 radical (unpaired) electrons. The zero-order valence-corrected chi connectivity index (χ0v) is 17.0. The van der Waals surface area contributed by atoms with Crippen molar-refractivity contribution in [3.8, 4) is 0 Å². The van der Waals surface area contributed by atoms with Crippen LogP contribution in [0.1, 0.15) is 96.8 Å². The molecule has 0 aromatic heterocycles. The van der Waals surface area contributed by atoms with Crippen LogP contribution in [0, 0.1) is 0 Å². The van der Waals surface area contributed by atoms with E-state index in [0.717, 1.165) is 19.8 Å². The summed E-state index contributed by atoms with van der Waals surface area (Å²) < 4.78 is 10.9. The molecule has 23 heavy (non-hydrogen) atoms. The van der Waals surface area contributed by atoms with Gasteiger partial charge in [0, 0.05) is 11.9 Å². The maximum absolute atomic E-state index is 5.65. The van der Waals surface area contributed by atoms with Crippen LogP contribution in [0.3, 0.4) is 0 Å². The number of epoxide rings is 1. The van der Waals surface area contributed by atoms with Gasteiger partial charge in [-0.2, -0.15) is 0 Å². The van der Waals surface area contributed by atoms with Crippen molar-refractivity contribution in [3.63, 3.8) is 0 Å². The molecule has 1 saturated heterocycles. The Morgan fingerprint density at radius 1 is 0.739 bits per heavy atom. The Balaban J connectivity index is 1.62. The maximum atomic E-state index is 5.65. The van der Waals surface area contributed by atoms with Gasteiger partial charge in [0.1, 0.15) is 5.60 Å². The standard InChI is InChI=1S/C20H39BrO2/c1-20(19-23-20)18-22-17-15-13-11-9-7-5-3-2-4-6-8-10-12-14-16-21/h2-19H2,1H3. The molecule has 1 unspecified atom stereocenters. The topological polar surface area (TPSA) is 21.8 Å². The smallest absolute Gasteiger partial charge is 0.112 e. The quantitative estimate of drug-likeness (QED) is 0.148. The van der Waals surface area contributed by atoms with E-state index in [0.29, 0.717) is 0 Å². The van der Waals surface area contributed by atoms with Gasteiger partial charge in [0.25, 0.3) is 0 Å². The highest BCUT2D eigenvalue weighted by Crippen LogP contribution is 2.25. The van der Waals surface area contributed by atoms with Gasteiger partial charge in [-0.15, -0.1) is 0 Å². The predicted octanol–water partition coefficient (Wildman–Crippen LogP) is 6.65. The van der Waals surface area contributed by atoms with E-state index in [2.05, 4.69) is 22.9 Å². The molecule has 1 heterocycles. The zero-order chi connectivity index (χ0) is 16.6. The van der Waals surface area contributed by atoms with Gasteiger partial charge in [0.15, 0.2) is 0 Å². The van der Waals surface area contributed by atoms with Crippen LogP contribution in [0.2, 0.25) is 0 Å². The van der Waals surface area contributed by atoms with Crippen molar-refractivity contribution in [1.29, 1.82) is 0 Å². The highest BCUT2D eigenvalue weighted by atomic mass is 79.9. The minimum absolute atomic E-state index is 0.0631. The van der Waals surface area contributed by atoms with Crippen LogP contribution in [0.15, 0.2) is 0 Å². The van der Waals surface area contributed by atoms with Crippen LogP contribution < -0.4 is 0 Å². The number of rotatable bonds is 18. The molecule has 0 bridgehead atoms. The first-order valence-corrected chi connectivity index (χ1v) is 11.2. The Labute approximate surface area is 153 Å². The van der Waals surface area contributed by atoms with Gasteiger partial charge in [-0.3, -0.25) is 0 Å². The van der Waals surface area contributed by atoms with Gasteiger partial charge >= 0.3 is 0 Å². The third kappa shape index (κ3) is 14.4. The lowest BCUT2D eigenvalue weighted by atomic mass is 10.0. The molecular weight excluding hydrogens is 352 g/mol. The zero-order valence-electron chi connectivity index (χ0n) is 15.4. The van der Waals surface area contributed by atoms with Gasteiger partial charge in [0.05, 0.1) is 13.2 Å². The van der Waals surface area contributed by atoms with E-state index in [1.54, 1.807) is 0 Å². The number of unbranched alkanes of at least 4 members (excludes halogenated alkanes) is 13. The molecule has 1 fully saturated rings. The summed E-state index contributed by atoms with van der Waals surface area (Å²) in [7, 11) is 0. The van der Waals surface area contributed by atoms with Crippen molar-refractivity contribution < 1.29 is 9.47 Å². The molecule has 138 valence electrons. The first kappa shape index (κ1) is 21.4. The molecule has 0 N–H and O–H groups in total. The summed E-state index contributed by atoms with van der Waals surface area (Å²) in [6.07, 6.45) is 19.6. The number of ether oxygens (including phenoxy) is 2. The van der Waals surface area contributed by atoms with E-state index in [-0.39, 0.29) is 5.60 Å². The second-order valence-electron chi connectivity index (χ2n) is 7.43. The minimum atomic E-state index is 0.0631. The molecule has 2 nitrogen and oxygen atoms in total. The van der Waals surface area contributed by atoms with Gasteiger partial charge in [-0.1, -0.05) is 93.0 Å². The second kappa shape index (κ2) is 14.7. The van der Waals surface area contributed by atoms with Crippen molar-refractivity contribution in [2.75, 3.05) is 25.2 Å². The first-order valence-electron chi connectivity index (χ1n) is 10.0. The Bertz CT molecular complexity index is 254. The Morgan fingerprint density at radius 2 is 1.13 bits per heavy atom. The van der Waals surface area contributed by atoms with Crippen LogP contribution in [0.4, 0.5) is 0 Å². The minimum Gasteiger partial charge on any atom is -0.378 e. The molecule has 1 rings (SSSR count). The summed E-state index contributed by atoms with van der Waals surface area (Å²) in [6.45, 7) is 4.69. The summed E-state index contributed by atoms with van der Waals surface area (Å²) in [4.78, 5) is 0. The lowest BCUT2D eigenvalue weighted by Gasteiger charge is -2.06. The van der Waals surface area contributed by atoms with Crippen molar-refractivity contribution in [2.24, 2.45) is 0 Å². The number of alkyl halides is 1. The van der Waals surface area contributed by atoms with Crippen LogP contribution >= 0.6 is 15.9 Å². The van der Waals surface area contributed by atoms with E-state index in [4.69, 9.17) is 9.47 Å². The van der Waals surface area contributed by atoms with Gasteiger partial charge in [-0.25, -0.2) is 0 Å².